The quantitative estimate of drug-likeness (QED) is 0.660. The first-order valence-corrected chi connectivity index (χ1v) is 13.4. The van der Waals surface area contributed by atoms with E-state index in [1.54, 1.807) is 12.2 Å². The molecule has 2 unspecified atom stereocenters. The number of halogens is 1. The lowest BCUT2D eigenvalue weighted by molar-refractivity contribution is -0.131. The number of nitrogens with zero attached hydrogens (tertiary/aromatic N) is 2. The van der Waals surface area contributed by atoms with E-state index in [9.17, 15) is 14.0 Å². The number of hydrogen-bond acceptors (Lipinski definition) is 3. The van der Waals surface area contributed by atoms with E-state index in [0.29, 0.717) is 18.4 Å². The molecule has 2 saturated carbocycles. The molecule has 3 atom stereocenters. The van der Waals surface area contributed by atoms with Crippen molar-refractivity contribution in [3.63, 3.8) is 0 Å². The number of likely N-dealkylation sites (tertiary alicyclic amines) is 1. The van der Waals surface area contributed by atoms with Gasteiger partial charge < -0.3 is 9.80 Å². The van der Waals surface area contributed by atoms with Gasteiger partial charge in [-0.2, -0.15) is 0 Å². The van der Waals surface area contributed by atoms with Gasteiger partial charge in [0, 0.05) is 31.5 Å². The average Bonchev–Trinajstić information content (AvgIpc) is 3.82. The van der Waals surface area contributed by atoms with Gasteiger partial charge in [0.25, 0.3) is 0 Å². The molecule has 2 heterocycles. The molecule has 1 aromatic rings. The van der Waals surface area contributed by atoms with Crippen molar-refractivity contribution in [1.29, 1.82) is 0 Å². The first-order valence-electron chi connectivity index (χ1n) is 13.4. The summed E-state index contributed by atoms with van der Waals surface area (Å²) in [7, 11) is 0. The van der Waals surface area contributed by atoms with Gasteiger partial charge in [0.15, 0.2) is 0 Å². The maximum atomic E-state index is 13.6. The summed E-state index contributed by atoms with van der Waals surface area (Å²) in [6, 6.07) is 8.58. The van der Waals surface area contributed by atoms with Crippen molar-refractivity contribution in [2.45, 2.75) is 50.2 Å². The first kappa shape index (κ1) is 22.2. The van der Waals surface area contributed by atoms with Crippen molar-refractivity contribution in [3.8, 4) is 0 Å². The molecular weight excluding hydrogens is 453 g/mol. The number of benzene rings is 1. The molecule has 4 fully saturated rings. The van der Waals surface area contributed by atoms with E-state index < -0.39 is 0 Å². The monoisotopic (exact) mass is 485 g/mol. The Kier molecular flexibility index (Phi) is 5.11. The van der Waals surface area contributed by atoms with Crippen LogP contribution in [0.15, 0.2) is 66.0 Å². The van der Waals surface area contributed by atoms with Crippen LogP contribution in [0.4, 0.5) is 4.39 Å². The molecule has 36 heavy (non-hydrogen) atoms. The molecule has 1 spiro atoms. The number of nitrogens with one attached hydrogen (secondary N) is 1. The predicted molar refractivity (Wildman–Crippen MR) is 136 cm³/mol. The third-order valence-corrected chi connectivity index (χ3v) is 8.86. The van der Waals surface area contributed by atoms with E-state index in [4.69, 9.17) is 0 Å². The van der Waals surface area contributed by atoms with Gasteiger partial charge in [-0.15, -0.1) is 0 Å². The van der Waals surface area contributed by atoms with Gasteiger partial charge in [0.05, 0.1) is 0 Å². The van der Waals surface area contributed by atoms with Crippen molar-refractivity contribution >= 4 is 17.4 Å². The summed E-state index contributed by atoms with van der Waals surface area (Å²) in [5.41, 5.74) is 4.16. The van der Waals surface area contributed by atoms with Gasteiger partial charge in [-0.3, -0.25) is 14.9 Å². The highest BCUT2D eigenvalue weighted by molar-refractivity contribution is 5.92. The number of fused-ring (bicyclic) bond motifs is 1. The standard InChI is InChI=1S/C30H32FN3O2/c31-26-10-9-24-15-23(7-8-25(24)16-26)20-1-3-21(4-2-20)27-32-30(12-13-30)29(36)34(27)18-19-11-14-33(17-19)28(35)22-5-6-22/h1-4,7-10,16,19,22,24,27,32H,5-6,11-15,17-18H2/t19-,24?,27?/m1/s1. The lowest BCUT2D eigenvalue weighted by Gasteiger charge is -2.28. The summed E-state index contributed by atoms with van der Waals surface area (Å²) < 4.78 is 13.6. The average molecular weight is 486 g/mol. The van der Waals surface area contributed by atoms with Gasteiger partial charge >= 0.3 is 0 Å². The Morgan fingerprint density at radius 1 is 1.11 bits per heavy atom. The fraction of sp³-hybridized carbons (Fsp3) is 0.467. The van der Waals surface area contributed by atoms with Gasteiger partial charge in [-0.05, 0) is 78.9 Å². The molecule has 1 N–H and O–H groups in total. The van der Waals surface area contributed by atoms with Crippen molar-refractivity contribution in [1.82, 2.24) is 15.1 Å². The molecule has 4 aliphatic carbocycles. The minimum absolute atomic E-state index is 0.122. The van der Waals surface area contributed by atoms with Crippen LogP contribution in [0.25, 0.3) is 5.57 Å². The van der Waals surface area contributed by atoms with E-state index in [2.05, 4.69) is 35.7 Å². The molecule has 1 aromatic carbocycles. The summed E-state index contributed by atoms with van der Waals surface area (Å²) in [5, 5.41) is 3.65. The molecule has 0 radical (unpaired) electrons. The Bertz CT molecular complexity index is 1240. The largest absolute Gasteiger partial charge is 0.342 e. The van der Waals surface area contributed by atoms with E-state index in [1.807, 2.05) is 22.0 Å². The van der Waals surface area contributed by atoms with Gasteiger partial charge in [0.1, 0.15) is 17.5 Å². The zero-order valence-electron chi connectivity index (χ0n) is 20.5. The SMILES string of the molecule is O=C(C1CC1)N1CC[C@@H](CN2C(=O)C3(CC3)NC2c2ccc(C3=CC=C4C=C(F)C=CC4C3)cc2)C1. The molecule has 2 amide bonds. The van der Waals surface area contributed by atoms with Gasteiger partial charge in [-0.1, -0.05) is 42.5 Å². The first-order chi connectivity index (χ1) is 17.5. The van der Waals surface area contributed by atoms with Gasteiger partial charge in [-0.25, -0.2) is 4.39 Å². The van der Waals surface area contributed by atoms with Crippen molar-refractivity contribution < 1.29 is 14.0 Å². The highest BCUT2D eigenvalue weighted by Gasteiger charge is 2.59. The van der Waals surface area contributed by atoms with Crippen LogP contribution in [-0.4, -0.2) is 46.8 Å². The van der Waals surface area contributed by atoms with Crippen LogP contribution in [0.2, 0.25) is 0 Å². The Balaban J connectivity index is 1.08. The Morgan fingerprint density at radius 3 is 2.67 bits per heavy atom. The van der Waals surface area contributed by atoms with E-state index in [-0.39, 0.29) is 35.3 Å². The van der Waals surface area contributed by atoms with Crippen LogP contribution >= 0.6 is 0 Å². The second-order valence-corrected chi connectivity index (χ2v) is 11.5. The summed E-state index contributed by atoms with van der Waals surface area (Å²) in [6.45, 7) is 2.30. The molecule has 186 valence electrons. The number of hydrogen-bond donors (Lipinski definition) is 1. The van der Waals surface area contributed by atoms with Crippen LogP contribution in [0.3, 0.4) is 0 Å². The molecular formula is C30H32FN3O2. The maximum absolute atomic E-state index is 13.6. The molecule has 7 rings (SSSR count). The fourth-order valence-corrected chi connectivity index (χ4v) is 6.36. The van der Waals surface area contributed by atoms with Gasteiger partial charge in [0.2, 0.25) is 11.8 Å². The Labute approximate surface area is 211 Å². The van der Waals surface area contributed by atoms with Crippen molar-refractivity contribution in [2.75, 3.05) is 19.6 Å². The molecule has 6 heteroatoms. The van der Waals surface area contributed by atoms with Crippen molar-refractivity contribution in [3.05, 3.63) is 77.2 Å². The highest BCUT2D eigenvalue weighted by Crippen LogP contribution is 2.47. The predicted octanol–water partition coefficient (Wildman–Crippen LogP) is 4.66. The number of allylic oxidation sites excluding steroid dienone is 8. The minimum atomic E-state index is -0.380. The second kappa shape index (κ2) is 8.27. The summed E-state index contributed by atoms with van der Waals surface area (Å²) in [4.78, 5) is 30.0. The number of carbonyl (C=O) groups is 2. The Morgan fingerprint density at radius 2 is 1.92 bits per heavy atom. The van der Waals surface area contributed by atoms with E-state index in [0.717, 1.165) is 62.8 Å². The molecule has 6 aliphatic rings. The lowest BCUT2D eigenvalue weighted by atomic mass is 9.82. The molecule has 0 aromatic heterocycles. The van der Waals surface area contributed by atoms with Crippen LogP contribution in [0.5, 0.6) is 0 Å². The third kappa shape index (κ3) is 3.86. The zero-order valence-corrected chi connectivity index (χ0v) is 20.5. The molecule has 2 aliphatic heterocycles. The smallest absolute Gasteiger partial charge is 0.244 e. The van der Waals surface area contributed by atoms with Crippen LogP contribution < -0.4 is 5.32 Å². The number of rotatable bonds is 5. The van der Waals surface area contributed by atoms with Crippen LogP contribution in [0, 0.1) is 17.8 Å². The maximum Gasteiger partial charge on any atom is 0.244 e. The van der Waals surface area contributed by atoms with Crippen LogP contribution in [0.1, 0.15) is 55.8 Å². The minimum Gasteiger partial charge on any atom is -0.342 e. The normalized spacial score (nSPS) is 30.3. The van der Waals surface area contributed by atoms with E-state index in [1.165, 1.54) is 11.1 Å². The zero-order chi connectivity index (χ0) is 24.4. The summed E-state index contributed by atoms with van der Waals surface area (Å²) in [6.07, 6.45) is 14.8. The summed E-state index contributed by atoms with van der Waals surface area (Å²) in [5.74, 6) is 1.17. The van der Waals surface area contributed by atoms with Crippen molar-refractivity contribution in [2.24, 2.45) is 17.8 Å². The summed E-state index contributed by atoms with van der Waals surface area (Å²) >= 11 is 0. The molecule has 5 nitrogen and oxygen atoms in total. The highest BCUT2D eigenvalue weighted by atomic mass is 19.1. The number of amides is 2. The Hall–Kier alpha value is -2.99. The number of carbonyl (C=O) groups excluding carboxylic acids is 2. The second-order valence-electron chi connectivity index (χ2n) is 11.5. The third-order valence-electron chi connectivity index (χ3n) is 8.86. The fourth-order valence-electron chi connectivity index (χ4n) is 6.36. The molecule has 0 bridgehead atoms. The molecule has 2 saturated heterocycles. The topological polar surface area (TPSA) is 52.7 Å². The lowest BCUT2D eigenvalue weighted by Crippen LogP contribution is -2.37. The van der Waals surface area contributed by atoms with E-state index >= 15 is 0 Å². The van der Waals surface area contributed by atoms with Crippen LogP contribution in [-0.2, 0) is 9.59 Å².